The van der Waals surface area contributed by atoms with Crippen LogP contribution in [0.3, 0.4) is 0 Å². The summed E-state index contributed by atoms with van der Waals surface area (Å²) < 4.78 is 6.06. The number of aryl methyl sites for hydroxylation is 1. The lowest BCUT2D eigenvalue weighted by atomic mass is 9.89. The fourth-order valence-corrected chi connectivity index (χ4v) is 3.88. The zero-order valence-electron chi connectivity index (χ0n) is 13.9. The largest absolute Gasteiger partial charge is 0.481 e. The quantitative estimate of drug-likeness (QED) is 0.590. The molecule has 2 heterocycles. The highest BCUT2D eigenvalue weighted by atomic mass is 79.9. The molecule has 0 N–H and O–H groups in total. The van der Waals surface area contributed by atoms with E-state index in [-0.39, 0.29) is 11.7 Å². The lowest BCUT2D eigenvalue weighted by Gasteiger charge is -2.16. The van der Waals surface area contributed by atoms with E-state index in [9.17, 15) is 4.79 Å². The number of ketones is 1. The summed E-state index contributed by atoms with van der Waals surface area (Å²) >= 11 is 4.97. The average molecular weight is 417 g/mol. The molecule has 0 fully saturated rings. The molecule has 128 valence electrons. The summed E-state index contributed by atoms with van der Waals surface area (Å²) in [7, 11) is 1.57. The van der Waals surface area contributed by atoms with Gasteiger partial charge in [-0.1, -0.05) is 34.1 Å². The van der Waals surface area contributed by atoms with Crippen LogP contribution < -0.4 is 4.74 Å². The number of rotatable bonds is 6. The lowest BCUT2D eigenvalue weighted by Crippen LogP contribution is -2.16. The molecule has 1 unspecified atom stereocenters. The van der Waals surface area contributed by atoms with Gasteiger partial charge in [0.05, 0.1) is 24.2 Å². The van der Waals surface area contributed by atoms with Gasteiger partial charge in [0.15, 0.2) is 0 Å². The Balaban J connectivity index is 1.91. The normalized spacial score (nSPS) is 12.0. The van der Waals surface area contributed by atoms with Crippen molar-refractivity contribution in [3.63, 3.8) is 0 Å². The van der Waals surface area contributed by atoms with E-state index in [0.29, 0.717) is 12.3 Å². The number of pyridine rings is 1. The Bertz CT molecular complexity index is 860. The topological polar surface area (TPSA) is 52.1 Å². The zero-order valence-corrected chi connectivity index (χ0v) is 16.3. The van der Waals surface area contributed by atoms with Crippen LogP contribution in [-0.2, 0) is 11.2 Å². The number of carbonyl (C=O) groups excluding carboxylic acids is 1. The van der Waals surface area contributed by atoms with Gasteiger partial charge in [-0.25, -0.2) is 9.97 Å². The molecule has 6 heteroatoms. The third-order valence-electron chi connectivity index (χ3n) is 3.96. The Kier molecular flexibility index (Phi) is 5.60. The maximum atomic E-state index is 13.1. The Labute approximate surface area is 159 Å². The van der Waals surface area contributed by atoms with Crippen molar-refractivity contribution in [2.75, 3.05) is 7.11 Å². The van der Waals surface area contributed by atoms with Crippen molar-refractivity contribution in [1.29, 1.82) is 0 Å². The van der Waals surface area contributed by atoms with Gasteiger partial charge in [0, 0.05) is 28.0 Å². The van der Waals surface area contributed by atoms with E-state index in [1.54, 1.807) is 24.9 Å². The Hall–Kier alpha value is -2.05. The van der Waals surface area contributed by atoms with Gasteiger partial charge in [-0.3, -0.25) is 4.79 Å². The molecule has 3 rings (SSSR count). The molecule has 25 heavy (non-hydrogen) atoms. The number of carbonyl (C=O) groups is 1. The Morgan fingerprint density at radius 1 is 1.20 bits per heavy atom. The molecular weight excluding hydrogens is 400 g/mol. The molecule has 0 radical (unpaired) electrons. The van der Waals surface area contributed by atoms with Gasteiger partial charge in [0.25, 0.3) is 0 Å². The molecule has 3 aromatic rings. The van der Waals surface area contributed by atoms with Crippen LogP contribution in [-0.4, -0.2) is 22.9 Å². The monoisotopic (exact) mass is 416 g/mol. The zero-order chi connectivity index (χ0) is 17.8. The van der Waals surface area contributed by atoms with Crippen molar-refractivity contribution in [2.24, 2.45) is 0 Å². The van der Waals surface area contributed by atoms with Gasteiger partial charge < -0.3 is 4.74 Å². The van der Waals surface area contributed by atoms with Gasteiger partial charge in [0.1, 0.15) is 5.78 Å². The number of halogens is 1. The predicted octanol–water partition coefficient (Wildman–Crippen LogP) is 4.56. The molecule has 0 aliphatic rings. The first-order valence-electron chi connectivity index (χ1n) is 7.75. The summed E-state index contributed by atoms with van der Waals surface area (Å²) in [4.78, 5) is 22.6. The summed E-state index contributed by atoms with van der Waals surface area (Å²) in [5, 5.41) is 0. The number of aromatic nitrogens is 2. The van der Waals surface area contributed by atoms with Crippen LogP contribution in [0.5, 0.6) is 5.88 Å². The summed E-state index contributed by atoms with van der Waals surface area (Å²) in [5.41, 5.74) is 4.54. The highest BCUT2D eigenvalue weighted by molar-refractivity contribution is 9.10. The fraction of sp³-hybridized carbons (Fsp3) is 0.211. The molecule has 0 bridgehead atoms. The summed E-state index contributed by atoms with van der Waals surface area (Å²) in [6.07, 6.45) is 2.00. The van der Waals surface area contributed by atoms with Crippen molar-refractivity contribution in [3.05, 3.63) is 74.3 Å². The molecule has 0 saturated heterocycles. The molecular formula is C19H17BrN2O2S. The van der Waals surface area contributed by atoms with Crippen LogP contribution >= 0.6 is 27.3 Å². The molecule has 2 aromatic heterocycles. The van der Waals surface area contributed by atoms with Crippen LogP contribution in [0.1, 0.15) is 27.6 Å². The van der Waals surface area contributed by atoms with Crippen molar-refractivity contribution in [2.45, 2.75) is 19.3 Å². The van der Waals surface area contributed by atoms with Gasteiger partial charge in [-0.15, -0.1) is 11.3 Å². The van der Waals surface area contributed by atoms with E-state index < -0.39 is 0 Å². The van der Waals surface area contributed by atoms with E-state index in [1.807, 2.05) is 37.3 Å². The minimum absolute atomic E-state index is 0.127. The first-order chi connectivity index (χ1) is 12.1. The molecule has 1 atom stereocenters. The highest BCUT2D eigenvalue weighted by Crippen LogP contribution is 2.32. The van der Waals surface area contributed by atoms with Crippen molar-refractivity contribution < 1.29 is 9.53 Å². The Morgan fingerprint density at radius 3 is 2.52 bits per heavy atom. The van der Waals surface area contributed by atoms with E-state index in [4.69, 9.17) is 4.74 Å². The number of thiazole rings is 1. The smallest absolute Gasteiger partial charge is 0.212 e. The average Bonchev–Trinajstić information content (AvgIpc) is 3.03. The third kappa shape index (κ3) is 4.14. The number of hydrogen-bond donors (Lipinski definition) is 0. The van der Waals surface area contributed by atoms with Gasteiger partial charge in [-0.05, 0) is 30.2 Å². The molecule has 4 nitrogen and oxygen atoms in total. The first kappa shape index (κ1) is 17.8. The number of Topliss-reactive ketones (excluding diaryl/α,β-unsaturated/α-hetero) is 1. The molecule has 0 aliphatic carbocycles. The summed E-state index contributed by atoms with van der Waals surface area (Å²) in [6.45, 7) is 1.94. The van der Waals surface area contributed by atoms with Gasteiger partial charge in [0.2, 0.25) is 5.88 Å². The standard InChI is InChI=1S/C19H17BrN2O2S/c1-12-19(25-11-22-12)18(14-4-6-15(20)7-5-14)16(23)9-13-3-8-17(24-2)21-10-13/h3-8,10-11,18H,9H2,1-2H3. The van der Waals surface area contributed by atoms with E-state index in [0.717, 1.165) is 26.2 Å². The minimum Gasteiger partial charge on any atom is -0.481 e. The molecule has 0 spiro atoms. The first-order valence-corrected chi connectivity index (χ1v) is 9.43. The van der Waals surface area contributed by atoms with Gasteiger partial charge in [-0.2, -0.15) is 0 Å². The SMILES string of the molecule is COc1ccc(CC(=O)C(c2ccc(Br)cc2)c2scnc2C)cn1. The van der Waals surface area contributed by atoms with Crippen LogP contribution in [0.15, 0.2) is 52.6 Å². The second-order valence-corrected chi connectivity index (χ2v) is 7.44. The number of ether oxygens (including phenoxy) is 1. The number of nitrogens with zero attached hydrogens (tertiary/aromatic N) is 2. The number of methoxy groups -OCH3 is 1. The molecule has 0 saturated carbocycles. The van der Waals surface area contributed by atoms with Crippen molar-refractivity contribution in [1.82, 2.24) is 9.97 Å². The molecule has 0 aliphatic heterocycles. The second kappa shape index (κ2) is 7.89. The summed E-state index contributed by atoms with van der Waals surface area (Å²) in [5.74, 6) is 0.350. The van der Waals surface area contributed by atoms with Crippen LogP contribution in [0.25, 0.3) is 0 Å². The minimum atomic E-state index is -0.317. The maximum Gasteiger partial charge on any atom is 0.212 e. The van der Waals surface area contributed by atoms with E-state index in [1.165, 1.54) is 11.3 Å². The predicted molar refractivity (Wildman–Crippen MR) is 102 cm³/mol. The van der Waals surface area contributed by atoms with Crippen molar-refractivity contribution in [3.8, 4) is 5.88 Å². The molecule has 1 aromatic carbocycles. The third-order valence-corrected chi connectivity index (χ3v) is 5.48. The fourth-order valence-electron chi connectivity index (χ4n) is 2.67. The second-order valence-electron chi connectivity index (χ2n) is 5.64. The van der Waals surface area contributed by atoms with Crippen molar-refractivity contribution >= 4 is 33.0 Å². The summed E-state index contributed by atoms with van der Waals surface area (Å²) in [6, 6.07) is 11.5. The maximum absolute atomic E-state index is 13.1. The lowest BCUT2D eigenvalue weighted by molar-refractivity contribution is -0.119. The van der Waals surface area contributed by atoms with Crippen LogP contribution in [0.2, 0.25) is 0 Å². The van der Waals surface area contributed by atoms with Gasteiger partial charge >= 0.3 is 0 Å². The van der Waals surface area contributed by atoms with E-state index in [2.05, 4.69) is 25.9 Å². The number of benzene rings is 1. The number of hydrogen-bond acceptors (Lipinski definition) is 5. The Morgan fingerprint density at radius 2 is 1.96 bits per heavy atom. The van der Waals surface area contributed by atoms with Crippen LogP contribution in [0.4, 0.5) is 0 Å². The molecule has 0 amide bonds. The van der Waals surface area contributed by atoms with Crippen LogP contribution in [0, 0.1) is 6.92 Å². The highest BCUT2D eigenvalue weighted by Gasteiger charge is 2.26. The van der Waals surface area contributed by atoms with E-state index >= 15 is 0 Å².